The lowest BCUT2D eigenvalue weighted by atomic mass is 10.2. The molecule has 26 heavy (non-hydrogen) atoms. The summed E-state index contributed by atoms with van der Waals surface area (Å²) in [5.74, 6) is 0.241. The second kappa shape index (κ2) is 10.1. The number of hydrogen-bond donors (Lipinski definition) is 4. The van der Waals surface area contributed by atoms with E-state index >= 15 is 0 Å². The van der Waals surface area contributed by atoms with Gasteiger partial charge in [-0.3, -0.25) is 9.78 Å². The number of nitrogens with one attached hydrogen (secondary N) is 4. The van der Waals surface area contributed by atoms with Crippen molar-refractivity contribution in [2.75, 3.05) is 37.7 Å². The highest BCUT2D eigenvalue weighted by Crippen LogP contribution is 2.22. The average Bonchev–Trinajstić information content (AvgIpc) is 2.63. The maximum atomic E-state index is 12.2. The Balaban J connectivity index is 2.03. The minimum atomic E-state index is -0.412. The van der Waals surface area contributed by atoms with Crippen molar-refractivity contribution >= 4 is 41.1 Å². The highest BCUT2D eigenvalue weighted by atomic mass is 35.5. The van der Waals surface area contributed by atoms with Gasteiger partial charge < -0.3 is 25.5 Å². The summed E-state index contributed by atoms with van der Waals surface area (Å²) >= 11 is 11.9. The van der Waals surface area contributed by atoms with Gasteiger partial charge in [-0.2, -0.15) is 0 Å². The minimum Gasteiger partial charge on any atom is -0.382 e. The van der Waals surface area contributed by atoms with Crippen LogP contribution < -0.4 is 16.2 Å². The Morgan fingerprint density at radius 1 is 1.27 bits per heavy atom. The van der Waals surface area contributed by atoms with Crippen LogP contribution in [0, 0.1) is 5.41 Å². The summed E-state index contributed by atoms with van der Waals surface area (Å²) in [4.78, 5) is 19.1. The normalized spacial score (nSPS) is 10.6. The van der Waals surface area contributed by atoms with Gasteiger partial charge in [0.05, 0.1) is 23.3 Å². The van der Waals surface area contributed by atoms with Gasteiger partial charge in [-0.1, -0.05) is 29.3 Å². The lowest BCUT2D eigenvalue weighted by Crippen LogP contribution is -2.22. The lowest BCUT2D eigenvalue weighted by molar-refractivity contribution is 0.0801. The number of aromatic nitrogens is 2. The van der Waals surface area contributed by atoms with Crippen molar-refractivity contribution < 1.29 is 9.47 Å². The first-order valence-electron chi connectivity index (χ1n) is 7.68. The van der Waals surface area contributed by atoms with Gasteiger partial charge in [0.2, 0.25) is 5.95 Å². The second-order valence-electron chi connectivity index (χ2n) is 5.14. The number of aromatic amines is 1. The van der Waals surface area contributed by atoms with E-state index in [2.05, 4.69) is 20.6 Å². The fourth-order valence-corrected chi connectivity index (χ4v) is 2.34. The number of H-pyrrole nitrogens is 1. The molecule has 0 bridgehead atoms. The van der Waals surface area contributed by atoms with Gasteiger partial charge in [-0.15, -0.1) is 0 Å². The molecule has 0 aliphatic carbocycles. The monoisotopic (exact) mass is 399 g/mol. The number of halogens is 2. The van der Waals surface area contributed by atoms with E-state index in [1.165, 1.54) is 0 Å². The van der Waals surface area contributed by atoms with Gasteiger partial charge in [-0.05, 0) is 17.7 Å². The van der Waals surface area contributed by atoms with E-state index in [-0.39, 0.29) is 24.1 Å². The Hall–Kier alpha value is -2.13. The number of nitrogens with zero attached hydrogens (tertiary/aromatic N) is 1. The van der Waals surface area contributed by atoms with Crippen molar-refractivity contribution in [3.8, 4) is 0 Å². The Morgan fingerprint density at radius 2 is 2.08 bits per heavy atom. The number of ether oxygens (including phenoxy) is 2. The molecule has 4 N–H and O–H groups in total. The van der Waals surface area contributed by atoms with Crippen LogP contribution >= 0.6 is 23.2 Å². The number of methoxy groups -OCH3 is 1. The quantitative estimate of drug-likeness (QED) is 0.277. The molecule has 140 valence electrons. The molecule has 2 aromatic rings. The summed E-state index contributed by atoms with van der Waals surface area (Å²) in [6.07, 6.45) is 0.997. The van der Waals surface area contributed by atoms with Crippen LogP contribution in [-0.4, -0.2) is 43.2 Å². The number of benzene rings is 1. The van der Waals surface area contributed by atoms with E-state index in [1.54, 1.807) is 19.2 Å². The molecule has 1 aromatic carbocycles. The predicted octanol–water partition coefficient (Wildman–Crippen LogP) is 2.72. The summed E-state index contributed by atoms with van der Waals surface area (Å²) in [5, 5.41) is 14.2. The van der Waals surface area contributed by atoms with E-state index in [4.69, 9.17) is 38.1 Å². The molecule has 0 saturated heterocycles. The van der Waals surface area contributed by atoms with Gasteiger partial charge in [0.15, 0.2) is 0 Å². The summed E-state index contributed by atoms with van der Waals surface area (Å²) < 4.78 is 10.1. The zero-order valence-electron chi connectivity index (χ0n) is 14.1. The van der Waals surface area contributed by atoms with Crippen LogP contribution in [0.1, 0.15) is 11.3 Å². The molecule has 0 radical (unpaired) electrons. The number of hydrogen-bond acceptors (Lipinski definition) is 7. The van der Waals surface area contributed by atoms with Crippen LogP contribution in [0.5, 0.6) is 0 Å². The van der Waals surface area contributed by atoms with Crippen molar-refractivity contribution in [2.45, 2.75) is 6.54 Å². The standard InChI is InChI=1S/C16H19Cl2N5O3/c1-25-4-5-26-9-21-14-13(7-19)22-16(23-15(14)24)20-8-10-2-3-11(17)12(18)6-10/h2-3,6-7,19,21H,4-5,8-9H2,1H3,(H2,20,22,23,24). The molecular formula is C16H19Cl2N5O3. The number of anilines is 2. The first-order chi connectivity index (χ1) is 12.5. The van der Waals surface area contributed by atoms with E-state index in [9.17, 15) is 4.79 Å². The molecule has 0 aliphatic heterocycles. The fourth-order valence-electron chi connectivity index (χ4n) is 2.02. The first-order valence-corrected chi connectivity index (χ1v) is 8.44. The Labute approximate surface area is 160 Å². The highest BCUT2D eigenvalue weighted by Gasteiger charge is 2.10. The molecule has 0 spiro atoms. The van der Waals surface area contributed by atoms with Gasteiger partial charge in [0.1, 0.15) is 18.1 Å². The lowest BCUT2D eigenvalue weighted by Gasteiger charge is -2.11. The molecule has 0 aliphatic rings. The molecule has 0 fully saturated rings. The molecule has 1 aromatic heterocycles. The second-order valence-corrected chi connectivity index (χ2v) is 5.96. The summed E-state index contributed by atoms with van der Waals surface area (Å²) in [6.45, 7) is 1.32. The van der Waals surface area contributed by atoms with Crippen molar-refractivity contribution in [2.24, 2.45) is 0 Å². The van der Waals surface area contributed by atoms with Crippen molar-refractivity contribution in [3.63, 3.8) is 0 Å². The Morgan fingerprint density at radius 3 is 2.77 bits per heavy atom. The van der Waals surface area contributed by atoms with E-state index in [0.717, 1.165) is 11.8 Å². The third-order valence-electron chi connectivity index (χ3n) is 3.31. The van der Waals surface area contributed by atoms with Crippen LogP contribution in [0.25, 0.3) is 0 Å². The van der Waals surface area contributed by atoms with Crippen LogP contribution in [0.15, 0.2) is 23.0 Å². The number of rotatable bonds is 10. The summed E-state index contributed by atoms with van der Waals surface area (Å²) in [6, 6.07) is 5.22. The van der Waals surface area contributed by atoms with Crippen LogP contribution in [-0.2, 0) is 16.0 Å². The SMILES string of the molecule is COCCOCNc1c(C=N)nc(NCc2ccc(Cl)c(Cl)c2)[nH]c1=O. The molecule has 0 amide bonds. The molecule has 0 atom stereocenters. The van der Waals surface area contributed by atoms with Crippen molar-refractivity contribution in [1.29, 1.82) is 5.41 Å². The zero-order valence-corrected chi connectivity index (χ0v) is 15.6. The van der Waals surface area contributed by atoms with Gasteiger partial charge in [-0.25, -0.2) is 4.98 Å². The molecule has 0 saturated carbocycles. The van der Waals surface area contributed by atoms with Gasteiger partial charge >= 0.3 is 0 Å². The van der Waals surface area contributed by atoms with Gasteiger partial charge in [0, 0.05) is 19.9 Å². The van der Waals surface area contributed by atoms with E-state index in [1.807, 2.05) is 6.07 Å². The summed E-state index contributed by atoms with van der Waals surface area (Å²) in [5.41, 5.74) is 0.816. The zero-order chi connectivity index (χ0) is 18.9. The smallest absolute Gasteiger partial charge is 0.276 e. The fraction of sp³-hybridized carbons (Fsp3) is 0.312. The van der Waals surface area contributed by atoms with E-state index in [0.29, 0.717) is 29.8 Å². The molecular weight excluding hydrogens is 381 g/mol. The van der Waals surface area contributed by atoms with E-state index < -0.39 is 5.56 Å². The molecule has 8 nitrogen and oxygen atoms in total. The van der Waals surface area contributed by atoms with Crippen LogP contribution in [0.4, 0.5) is 11.6 Å². The molecule has 10 heteroatoms. The predicted molar refractivity (Wildman–Crippen MR) is 103 cm³/mol. The first kappa shape index (κ1) is 20.2. The topological polar surface area (TPSA) is 112 Å². The van der Waals surface area contributed by atoms with Crippen molar-refractivity contribution in [3.05, 3.63) is 49.9 Å². The van der Waals surface area contributed by atoms with Crippen molar-refractivity contribution in [1.82, 2.24) is 9.97 Å². The third kappa shape index (κ3) is 5.70. The molecule has 1 heterocycles. The summed E-state index contributed by atoms with van der Waals surface area (Å²) in [7, 11) is 1.57. The average molecular weight is 400 g/mol. The van der Waals surface area contributed by atoms with Gasteiger partial charge in [0.25, 0.3) is 5.56 Å². The maximum Gasteiger partial charge on any atom is 0.276 e. The van der Waals surface area contributed by atoms with Crippen LogP contribution in [0.3, 0.4) is 0 Å². The highest BCUT2D eigenvalue weighted by molar-refractivity contribution is 6.42. The Kier molecular flexibility index (Phi) is 7.86. The Bertz CT molecular complexity index is 813. The maximum absolute atomic E-state index is 12.2. The molecule has 2 rings (SSSR count). The van der Waals surface area contributed by atoms with Crippen LogP contribution in [0.2, 0.25) is 10.0 Å². The largest absolute Gasteiger partial charge is 0.382 e. The minimum absolute atomic E-state index is 0.102. The third-order valence-corrected chi connectivity index (χ3v) is 4.05. The molecule has 0 unspecified atom stereocenters.